The Morgan fingerprint density at radius 2 is 2.03 bits per heavy atom. The molecule has 2 aromatic rings. The van der Waals surface area contributed by atoms with Gasteiger partial charge in [-0.3, -0.25) is 9.59 Å². The largest absolute Gasteiger partial charge is 0.461 e. The molecule has 0 spiro atoms. The number of carbonyl (C=O) groups excluding carboxylic acids is 3. The van der Waals surface area contributed by atoms with E-state index in [1.165, 1.54) is 0 Å². The van der Waals surface area contributed by atoms with Crippen LogP contribution in [0.15, 0.2) is 35.8 Å². The minimum atomic E-state index is -0.837. The van der Waals surface area contributed by atoms with Crippen molar-refractivity contribution in [2.75, 3.05) is 38.1 Å². The molecule has 1 aromatic carbocycles. The lowest BCUT2D eigenvalue weighted by atomic mass is 10.0. The number of amides is 2. The molecular weight excluding hydrogens is 484 g/mol. The van der Waals surface area contributed by atoms with Crippen molar-refractivity contribution >= 4 is 46.0 Å². The number of nitrogens with two attached hydrogens (primary N) is 1. The van der Waals surface area contributed by atoms with E-state index < -0.39 is 5.97 Å². The molecule has 0 aliphatic carbocycles. The number of esters is 1. The molecular formula is C25H29ClN6O4. The summed E-state index contributed by atoms with van der Waals surface area (Å²) in [6.45, 7) is 2.07. The Bertz CT molecular complexity index is 1230. The average Bonchev–Trinajstić information content (AvgIpc) is 3.50. The van der Waals surface area contributed by atoms with Crippen molar-refractivity contribution in [3.8, 4) is 6.07 Å². The van der Waals surface area contributed by atoms with Gasteiger partial charge in [0, 0.05) is 37.6 Å². The molecule has 11 heteroatoms. The maximum absolute atomic E-state index is 12.6. The third-order valence-corrected chi connectivity index (χ3v) is 6.99. The number of para-hydroxylation sites is 1. The fraction of sp³-hybridized carbons (Fsp3) is 0.440. The molecule has 2 amide bonds. The molecule has 1 atom stereocenters. The van der Waals surface area contributed by atoms with Gasteiger partial charge in [-0.05, 0) is 37.7 Å². The van der Waals surface area contributed by atoms with Crippen molar-refractivity contribution in [3.05, 3.63) is 40.8 Å². The molecule has 2 saturated heterocycles. The summed E-state index contributed by atoms with van der Waals surface area (Å²) in [6, 6.07) is 7.16. The van der Waals surface area contributed by atoms with Crippen LogP contribution < -0.4 is 11.1 Å². The average molecular weight is 513 g/mol. The summed E-state index contributed by atoms with van der Waals surface area (Å²) in [5.74, 6) is -1.12. The zero-order valence-electron chi connectivity index (χ0n) is 19.9. The Labute approximate surface area is 214 Å². The minimum Gasteiger partial charge on any atom is -0.461 e. The van der Waals surface area contributed by atoms with Gasteiger partial charge >= 0.3 is 5.97 Å². The lowest BCUT2D eigenvalue weighted by molar-refractivity contribution is -0.140. The summed E-state index contributed by atoms with van der Waals surface area (Å²) in [4.78, 5) is 44.0. The minimum absolute atomic E-state index is 0.0187. The summed E-state index contributed by atoms with van der Waals surface area (Å²) in [5, 5.41) is 13.7. The van der Waals surface area contributed by atoms with Crippen LogP contribution >= 0.6 is 11.6 Å². The first-order valence-electron chi connectivity index (χ1n) is 12.0. The summed E-state index contributed by atoms with van der Waals surface area (Å²) in [5.41, 5.74) is 6.94. The van der Waals surface area contributed by atoms with Crippen LogP contribution in [0.2, 0.25) is 5.02 Å². The van der Waals surface area contributed by atoms with Crippen LogP contribution in [0, 0.1) is 17.2 Å². The molecule has 0 bridgehead atoms. The van der Waals surface area contributed by atoms with E-state index in [0.717, 1.165) is 31.3 Å². The van der Waals surface area contributed by atoms with Crippen LogP contribution in [0.25, 0.3) is 10.9 Å². The summed E-state index contributed by atoms with van der Waals surface area (Å²) in [6.07, 6.45) is 5.06. The number of benzene rings is 1. The van der Waals surface area contributed by atoms with Crippen molar-refractivity contribution in [1.82, 2.24) is 14.8 Å². The summed E-state index contributed by atoms with van der Waals surface area (Å²) < 4.78 is 5.40. The highest BCUT2D eigenvalue weighted by molar-refractivity contribution is 6.35. The first-order valence-corrected chi connectivity index (χ1v) is 12.4. The molecule has 190 valence electrons. The predicted octanol–water partition coefficient (Wildman–Crippen LogP) is 2.72. The van der Waals surface area contributed by atoms with Crippen LogP contribution in [0.4, 0.5) is 5.69 Å². The van der Waals surface area contributed by atoms with E-state index in [1.54, 1.807) is 28.1 Å². The number of halogens is 1. The number of aromatic nitrogens is 1. The normalized spacial score (nSPS) is 19.0. The van der Waals surface area contributed by atoms with Gasteiger partial charge in [0.2, 0.25) is 11.8 Å². The number of rotatable bonds is 7. The first kappa shape index (κ1) is 25.4. The molecule has 0 radical (unpaired) electrons. The second kappa shape index (κ2) is 11.4. The second-order valence-corrected chi connectivity index (χ2v) is 9.49. The highest BCUT2D eigenvalue weighted by atomic mass is 35.5. The number of likely N-dealkylation sites (tertiary alicyclic amines) is 2. The zero-order valence-corrected chi connectivity index (χ0v) is 20.6. The van der Waals surface area contributed by atoms with E-state index in [4.69, 9.17) is 22.1 Å². The number of fused-ring (bicyclic) bond motifs is 1. The highest BCUT2D eigenvalue weighted by Gasteiger charge is 2.28. The van der Waals surface area contributed by atoms with Crippen LogP contribution in [0.3, 0.4) is 0 Å². The number of anilines is 1. The van der Waals surface area contributed by atoms with Gasteiger partial charge in [0.25, 0.3) is 0 Å². The number of nitrogens with one attached hydrogen (secondary N) is 2. The summed E-state index contributed by atoms with van der Waals surface area (Å²) in [7, 11) is 0. The first-order chi connectivity index (χ1) is 17.4. The maximum Gasteiger partial charge on any atom is 0.352 e. The Balaban J connectivity index is 1.33. The third kappa shape index (κ3) is 5.74. The van der Waals surface area contributed by atoms with Crippen molar-refractivity contribution in [1.29, 1.82) is 5.26 Å². The molecule has 36 heavy (non-hydrogen) atoms. The van der Waals surface area contributed by atoms with Crippen LogP contribution in [0.5, 0.6) is 0 Å². The van der Waals surface area contributed by atoms with Crippen molar-refractivity contribution in [3.63, 3.8) is 0 Å². The number of aromatic amines is 1. The molecule has 4 rings (SSSR count). The molecule has 2 aliphatic rings. The lowest BCUT2D eigenvalue weighted by Gasteiger charge is -2.23. The van der Waals surface area contributed by atoms with Crippen LogP contribution in [-0.4, -0.2) is 65.4 Å². The Morgan fingerprint density at radius 1 is 1.25 bits per heavy atom. The molecule has 4 N–H and O–H groups in total. The maximum atomic E-state index is 12.6. The van der Waals surface area contributed by atoms with Crippen LogP contribution in [-0.2, 0) is 19.1 Å². The quantitative estimate of drug-likeness (QED) is 0.294. The van der Waals surface area contributed by atoms with Gasteiger partial charge in [-0.15, -0.1) is 0 Å². The number of hydrogen-bond donors (Lipinski definition) is 3. The highest BCUT2D eigenvalue weighted by Crippen LogP contribution is 2.29. The fourth-order valence-electron chi connectivity index (χ4n) is 4.57. The molecule has 10 nitrogen and oxygen atoms in total. The van der Waals surface area contributed by atoms with Gasteiger partial charge in [0.1, 0.15) is 11.9 Å². The molecule has 1 unspecified atom stereocenters. The third-order valence-electron chi connectivity index (χ3n) is 6.68. The number of ether oxygens (including phenoxy) is 1. The smallest absolute Gasteiger partial charge is 0.352 e. The summed E-state index contributed by atoms with van der Waals surface area (Å²) >= 11 is 6.15. The van der Waals surface area contributed by atoms with E-state index in [2.05, 4.69) is 10.3 Å². The zero-order chi connectivity index (χ0) is 25.7. The number of nitriles is 1. The molecule has 1 aromatic heterocycles. The Morgan fingerprint density at radius 3 is 2.78 bits per heavy atom. The monoisotopic (exact) mass is 512 g/mol. The van der Waals surface area contributed by atoms with E-state index in [9.17, 15) is 19.6 Å². The number of H-pyrrole nitrogens is 1. The standard InChI is InChI=1S/C25H29ClN6O4/c26-19-13-29-23-17(19)4-3-5-20(23)30-24(28)18(12-27)25(35)36-15-16-6-7-21(33)32(11-8-16)14-22(34)31-9-1-2-10-31/h3-5,13,16,29-30H,1-2,6-11,14-15,28H2/b24-18+. The Kier molecular flexibility index (Phi) is 8.00. The van der Waals surface area contributed by atoms with Gasteiger partial charge in [-0.1, -0.05) is 23.7 Å². The van der Waals surface area contributed by atoms with E-state index in [1.807, 2.05) is 12.1 Å². The van der Waals surface area contributed by atoms with Crippen molar-refractivity contribution in [2.45, 2.75) is 32.1 Å². The van der Waals surface area contributed by atoms with E-state index in [0.29, 0.717) is 35.6 Å². The topological polar surface area (TPSA) is 145 Å². The van der Waals surface area contributed by atoms with Crippen molar-refractivity contribution in [2.24, 2.45) is 11.7 Å². The van der Waals surface area contributed by atoms with Crippen LogP contribution in [0.1, 0.15) is 32.1 Å². The molecule has 0 saturated carbocycles. The Hall–Kier alpha value is -3.71. The van der Waals surface area contributed by atoms with Gasteiger partial charge in [-0.25, -0.2) is 4.79 Å². The van der Waals surface area contributed by atoms with E-state index >= 15 is 0 Å². The number of carbonyl (C=O) groups is 3. The van der Waals surface area contributed by atoms with Gasteiger partial charge < -0.3 is 30.6 Å². The van der Waals surface area contributed by atoms with Gasteiger partial charge in [0.05, 0.1) is 29.4 Å². The SMILES string of the molecule is N#C/C(C(=O)OCC1CCC(=O)N(CC(=O)N2CCCC2)CC1)=C(/N)Nc1cccc2c(Cl)c[nH]c12. The second-order valence-electron chi connectivity index (χ2n) is 9.09. The predicted molar refractivity (Wildman–Crippen MR) is 134 cm³/mol. The molecule has 2 fully saturated rings. The number of nitrogens with zero attached hydrogens (tertiary/aromatic N) is 3. The van der Waals surface area contributed by atoms with Gasteiger partial charge in [-0.2, -0.15) is 5.26 Å². The van der Waals surface area contributed by atoms with E-state index in [-0.39, 0.29) is 48.7 Å². The number of hydrogen-bond acceptors (Lipinski definition) is 7. The van der Waals surface area contributed by atoms with Gasteiger partial charge in [0.15, 0.2) is 5.57 Å². The molecule has 2 aliphatic heterocycles. The fourth-order valence-corrected chi connectivity index (χ4v) is 4.78. The lowest BCUT2D eigenvalue weighted by Crippen LogP contribution is -2.41. The molecule has 3 heterocycles. The van der Waals surface area contributed by atoms with Crippen molar-refractivity contribution < 1.29 is 19.1 Å².